The van der Waals surface area contributed by atoms with Crippen molar-refractivity contribution in [3.05, 3.63) is 53.6 Å². The Morgan fingerprint density at radius 2 is 1.88 bits per heavy atom. The SMILES string of the molecule is CCOc1ccc(NC(=O)NCc2ccc([S@](C)=O)cc2)c(C)c1. The molecule has 0 spiro atoms. The zero-order valence-electron chi connectivity index (χ0n) is 14.1. The molecule has 0 fully saturated rings. The van der Waals surface area contributed by atoms with Crippen molar-refractivity contribution in [1.29, 1.82) is 0 Å². The molecule has 0 heterocycles. The van der Waals surface area contributed by atoms with E-state index in [-0.39, 0.29) is 6.03 Å². The molecule has 0 aliphatic rings. The van der Waals surface area contributed by atoms with Crippen LogP contribution in [-0.2, 0) is 17.3 Å². The standard InChI is InChI=1S/C18H22N2O3S/c1-4-23-15-7-10-17(13(2)11-15)20-18(21)19-12-14-5-8-16(9-6-14)24(3)22/h5-11H,4,12H2,1-3H3,(H2,19,20,21)/t24-/m0/s1. The van der Waals surface area contributed by atoms with Gasteiger partial charge in [0.2, 0.25) is 0 Å². The van der Waals surface area contributed by atoms with E-state index in [2.05, 4.69) is 10.6 Å². The number of ether oxygens (including phenoxy) is 1. The van der Waals surface area contributed by atoms with Gasteiger partial charge in [0, 0.05) is 34.2 Å². The lowest BCUT2D eigenvalue weighted by Crippen LogP contribution is -2.28. The normalized spacial score (nSPS) is 11.6. The van der Waals surface area contributed by atoms with Crippen LogP contribution in [0.4, 0.5) is 10.5 Å². The molecule has 0 aromatic heterocycles. The predicted octanol–water partition coefficient (Wildman–Crippen LogP) is 3.45. The van der Waals surface area contributed by atoms with Crippen molar-refractivity contribution in [3.63, 3.8) is 0 Å². The van der Waals surface area contributed by atoms with Gasteiger partial charge < -0.3 is 15.4 Å². The summed E-state index contributed by atoms with van der Waals surface area (Å²) in [5.74, 6) is 0.786. The minimum atomic E-state index is -0.993. The topological polar surface area (TPSA) is 67.4 Å². The van der Waals surface area contributed by atoms with E-state index >= 15 is 0 Å². The largest absolute Gasteiger partial charge is 0.494 e. The minimum Gasteiger partial charge on any atom is -0.494 e. The molecule has 0 unspecified atom stereocenters. The van der Waals surface area contributed by atoms with Gasteiger partial charge in [0.05, 0.1) is 6.61 Å². The number of amides is 2. The Morgan fingerprint density at radius 3 is 2.46 bits per heavy atom. The molecule has 5 nitrogen and oxygen atoms in total. The molecule has 2 amide bonds. The molecule has 0 aliphatic carbocycles. The van der Waals surface area contributed by atoms with Crippen LogP contribution in [0.3, 0.4) is 0 Å². The Hall–Kier alpha value is -2.34. The van der Waals surface area contributed by atoms with Crippen molar-refractivity contribution >= 4 is 22.5 Å². The van der Waals surface area contributed by atoms with Crippen molar-refractivity contribution in [3.8, 4) is 5.75 Å². The van der Waals surface area contributed by atoms with Gasteiger partial charge in [-0.3, -0.25) is 4.21 Å². The van der Waals surface area contributed by atoms with Gasteiger partial charge in [-0.2, -0.15) is 0 Å². The van der Waals surface area contributed by atoms with E-state index in [1.807, 2.05) is 56.3 Å². The number of aryl methyl sites for hydroxylation is 1. The van der Waals surface area contributed by atoms with Gasteiger partial charge in [0.1, 0.15) is 5.75 Å². The monoisotopic (exact) mass is 346 g/mol. The molecule has 2 aromatic rings. The summed E-state index contributed by atoms with van der Waals surface area (Å²) in [6.45, 7) is 4.86. The van der Waals surface area contributed by atoms with E-state index in [9.17, 15) is 9.00 Å². The number of hydrogen-bond donors (Lipinski definition) is 2. The molecule has 1 atom stereocenters. The second kappa shape index (κ2) is 8.49. The van der Waals surface area contributed by atoms with E-state index in [1.165, 1.54) is 0 Å². The van der Waals surface area contributed by atoms with Crippen LogP contribution in [-0.4, -0.2) is 23.1 Å². The molecule has 0 saturated heterocycles. The Kier molecular flexibility index (Phi) is 6.37. The average molecular weight is 346 g/mol. The van der Waals surface area contributed by atoms with Gasteiger partial charge in [0.25, 0.3) is 0 Å². The van der Waals surface area contributed by atoms with Crippen LogP contribution in [0, 0.1) is 6.92 Å². The van der Waals surface area contributed by atoms with Gasteiger partial charge >= 0.3 is 6.03 Å². The third-order valence-electron chi connectivity index (χ3n) is 3.47. The molecule has 6 heteroatoms. The molecular formula is C18H22N2O3S. The highest BCUT2D eigenvalue weighted by molar-refractivity contribution is 7.84. The summed E-state index contributed by atoms with van der Waals surface area (Å²) in [6, 6.07) is 12.6. The number of carbonyl (C=O) groups excluding carboxylic acids is 1. The lowest BCUT2D eigenvalue weighted by molar-refractivity contribution is 0.251. The number of carbonyl (C=O) groups is 1. The number of anilines is 1. The van der Waals surface area contributed by atoms with E-state index in [0.29, 0.717) is 13.2 Å². The van der Waals surface area contributed by atoms with E-state index < -0.39 is 10.8 Å². The Balaban J connectivity index is 1.90. The molecule has 0 bridgehead atoms. The Bertz CT molecular complexity index is 730. The summed E-state index contributed by atoms with van der Waals surface area (Å²) in [4.78, 5) is 12.8. The summed E-state index contributed by atoms with van der Waals surface area (Å²) in [7, 11) is -0.993. The van der Waals surface area contributed by atoms with Crippen LogP contribution in [0.5, 0.6) is 5.75 Å². The van der Waals surface area contributed by atoms with Crippen LogP contribution < -0.4 is 15.4 Å². The summed E-state index contributed by atoms with van der Waals surface area (Å²) in [5, 5.41) is 5.63. The first kappa shape index (κ1) is 18.0. The van der Waals surface area contributed by atoms with E-state index in [1.54, 1.807) is 6.26 Å². The first-order valence-electron chi connectivity index (χ1n) is 7.70. The fourth-order valence-corrected chi connectivity index (χ4v) is 2.70. The third kappa shape index (κ3) is 5.09. The highest BCUT2D eigenvalue weighted by Crippen LogP contribution is 2.21. The maximum absolute atomic E-state index is 12.0. The maximum atomic E-state index is 12.0. The second-order valence-corrected chi connectivity index (χ2v) is 6.70. The van der Waals surface area contributed by atoms with Gasteiger partial charge in [-0.1, -0.05) is 12.1 Å². The van der Waals surface area contributed by atoms with E-state index in [0.717, 1.165) is 27.5 Å². The van der Waals surface area contributed by atoms with Crippen molar-refractivity contribution in [2.45, 2.75) is 25.3 Å². The second-order valence-electron chi connectivity index (χ2n) is 5.32. The summed E-state index contributed by atoms with van der Waals surface area (Å²) in [5.41, 5.74) is 2.63. The molecule has 2 aromatic carbocycles. The van der Waals surface area contributed by atoms with Gasteiger partial charge in [-0.25, -0.2) is 4.79 Å². The fourth-order valence-electron chi connectivity index (χ4n) is 2.18. The summed E-state index contributed by atoms with van der Waals surface area (Å²) in [6.07, 6.45) is 1.64. The zero-order valence-corrected chi connectivity index (χ0v) is 14.9. The van der Waals surface area contributed by atoms with Crippen molar-refractivity contribution in [2.75, 3.05) is 18.2 Å². The van der Waals surface area contributed by atoms with Crippen LogP contribution in [0.25, 0.3) is 0 Å². The van der Waals surface area contributed by atoms with Gasteiger partial charge in [0.15, 0.2) is 0 Å². The zero-order chi connectivity index (χ0) is 17.5. The summed E-state index contributed by atoms with van der Waals surface area (Å²) < 4.78 is 16.8. The number of urea groups is 1. The van der Waals surface area contributed by atoms with Crippen LogP contribution in [0.15, 0.2) is 47.4 Å². The van der Waals surface area contributed by atoms with Gasteiger partial charge in [-0.05, 0) is 55.3 Å². The molecule has 0 radical (unpaired) electrons. The molecular weight excluding hydrogens is 324 g/mol. The number of hydrogen-bond acceptors (Lipinski definition) is 3. The number of rotatable bonds is 6. The average Bonchev–Trinajstić information content (AvgIpc) is 2.56. The lowest BCUT2D eigenvalue weighted by atomic mass is 10.2. The molecule has 2 rings (SSSR count). The van der Waals surface area contributed by atoms with Crippen LogP contribution >= 0.6 is 0 Å². The van der Waals surface area contributed by atoms with Crippen LogP contribution in [0.1, 0.15) is 18.1 Å². The van der Waals surface area contributed by atoms with Crippen LogP contribution in [0.2, 0.25) is 0 Å². The summed E-state index contributed by atoms with van der Waals surface area (Å²) >= 11 is 0. The Morgan fingerprint density at radius 1 is 1.17 bits per heavy atom. The minimum absolute atomic E-state index is 0.273. The maximum Gasteiger partial charge on any atom is 0.319 e. The quantitative estimate of drug-likeness (QED) is 0.842. The molecule has 24 heavy (non-hydrogen) atoms. The fraction of sp³-hybridized carbons (Fsp3) is 0.278. The van der Waals surface area contributed by atoms with E-state index in [4.69, 9.17) is 4.74 Å². The first-order valence-corrected chi connectivity index (χ1v) is 9.26. The highest BCUT2D eigenvalue weighted by Gasteiger charge is 2.06. The van der Waals surface area contributed by atoms with Crippen molar-refractivity contribution < 1.29 is 13.7 Å². The van der Waals surface area contributed by atoms with Crippen molar-refractivity contribution in [2.24, 2.45) is 0 Å². The number of nitrogens with one attached hydrogen (secondary N) is 2. The highest BCUT2D eigenvalue weighted by atomic mass is 32.2. The predicted molar refractivity (Wildman–Crippen MR) is 97.0 cm³/mol. The molecule has 0 aliphatic heterocycles. The Labute approximate surface area is 144 Å². The molecule has 0 saturated carbocycles. The molecule has 128 valence electrons. The van der Waals surface area contributed by atoms with Gasteiger partial charge in [-0.15, -0.1) is 0 Å². The lowest BCUT2D eigenvalue weighted by Gasteiger charge is -2.12. The third-order valence-corrected chi connectivity index (χ3v) is 4.40. The van der Waals surface area contributed by atoms with Crippen molar-refractivity contribution in [1.82, 2.24) is 5.32 Å². The smallest absolute Gasteiger partial charge is 0.319 e. The number of benzene rings is 2. The first-order chi connectivity index (χ1) is 11.5. The molecule has 2 N–H and O–H groups in total.